The molecule has 0 fully saturated rings. The Morgan fingerprint density at radius 3 is 2.32 bits per heavy atom. The first-order chi connectivity index (χ1) is 18.0. The van der Waals surface area contributed by atoms with Gasteiger partial charge in [-0.15, -0.1) is 0 Å². The molecule has 0 bridgehead atoms. The van der Waals surface area contributed by atoms with Crippen LogP contribution in [0.5, 0.6) is 11.5 Å². The van der Waals surface area contributed by atoms with Gasteiger partial charge in [0.15, 0.2) is 0 Å². The Hall–Kier alpha value is -5.24. The number of ether oxygens (including phenoxy) is 1. The highest BCUT2D eigenvalue weighted by Gasteiger charge is 2.13. The summed E-state index contributed by atoms with van der Waals surface area (Å²) in [5, 5.41) is 28.9. The number of aromatic hydroxyl groups is 1. The number of nitrogens with zero attached hydrogens (tertiary/aromatic N) is 2. The first-order valence-electron chi connectivity index (χ1n) is 11.4. The molecule has 182 valence electrons. The molecule has 37 heavy (non-hydrogen) atoms. The minimum atomic E-state index is -0.548. The number of rotatable bonds is 7. The van der Waals surface area contributed by atoms with E-state index in [4.69, 9.17) is 4.74 Å². The van der Waals surface area contributed by atoms with Crippen LogP contribution in [0.15, 0.2) is 102 Å². The maximum absolute atomic E-state index is 12.8. The third-order valence-electron chi connectivity index (χ3n) is 5.94. The maximum Gasteiger partial charge on any atom is 0.275 e. The topological polar surface area (TPSA) is 114 Å². The second-order valence-corrected chi connectivity index (χ2v) is 8.33. The number of benzene rings is 5. The van der Waals surface area contributed by atoms with Crippen LogP contribution in [0.3, 0.4) is 0 Å². The number of nitro benzene ring substituents is 1. The van der Waals surface area contributed by atoms with Gasteiger partial charge in [0.1, 0.15) is 18.1 Å². The summed E-state index contributed by atoms with van der Waals surface area (Å²) in [5.74, 6) is -0.152. The van der Waals surface area contributed by atoms with Crippen LogP contribution in [-0.2, 0) is 6.61 Å². The van der Waals surface area contributed by atoms with Crippen molar-refractivity contribution < 1.29 is 19.6 Å². The van der Waals surface area contributed by atoms with Crippen LogP contribution >= 0.6 is 0 Å². The van der Waals surface area contributed by atoms with Gasteiger partial charge in [-0.3, -0.25) is 14.9 Å². The van der Waals surface area contributed by atoms with E-state index in [1.54, 1.807) is 24.3 Å². The fourth-order valence-corrected chi connectivity index (χ4v) is 4.04. The first kappa shape index (κ1) is 23.5. The van der Waals surface area contributed by atoms with Crippen molar-refractivity contribution in [1.82, 2.24) is 5.43 Å². The van der Waals surface area contributed by atoms with Gasteiger partial charge in [0, 0.05) is 17.7 Å². The number of phenols is 1. The monoisotopic (exact) mass is 491 g/mol. The van der Waals surface area contributed by atoms with Gasteiger partial charge in [0.2, 0.25) is 0 Å². The molecule has 0 saturated carbocycles. The van der Waals surface area contributed by atoms with Crippen molar-refractivity contribution in [2.75, 3.05) is 0 Å². The number of hydrogen-bond donors (Lipinski definition) is 2. The molecule has 5 aromatic rings. The van der Waals surface area contributed by atoms with Crippen molar-refractivity contribution in [2.24, 2.45) is 5.10 Å². The summed E-state index contributed by atoms with van der Waals surface area (Å²) in [4.78, 5) is 23.2. The molecule has 1 amide bonds. The zero-order valence-corrected chi connectivity index (χ0v) is 19.5. The number of carbonyl (C=O) groups excluding carboxylic acids is 1. The van der Waals surface area contributed by atoms with Crippen LogP contribution in [0.1, 0.15) is 21.5 Å². The summed E-state index contributed by atoms with van der Waals surface area (Å²) < 4.78 is 6.03. The van der Waals surface area contributed by atoms with Crippen molar-refractivity contribution in [2.45, 2.75) is 6.61 Å². The predicted molar refractivity (Wildman–Crippen MR) is 142 cm³/mol. The normalized spacial score (nSPS) is 11.1. The summed E-state index contributed by atoms with van der Waals surface area (Å²) in [6.45, 7) is 0.189. The van der Waals surface area contributed by atoms with Gasteiger partial charge >= 0.3 is 0 Å². The van der Waals surface area contributed by atoms with Crippen LogP contribution in [0, 0.1) is 10.1 Å². The highest BCUT2D eigenvalue weighted by molar-refractivity contribution is 6.04. The Morgan fingerprint density at radius 1 is 0.919 bits per heavy atom. The average molecular weight is 492 g/mol. The fraction of sp³-hybridized carbons (Fsp3) is 0.0345. The van der Waals surface area contributed by atoms with Gasteiger partial charge in [0.25, 0.3) is 11.6 Å². The SMILES string of the molecule is O=C(NN=Cc1c(OCc2ccc([N+](=O)[O-])cc2)ccc2ccccc12)c1cc2ccccc2cc1O. The first-order valence-corrected chi connectivity index (χ1v) is 11.4. The zero-order chi connectivity index (χ0) is 25.8. The van der Waals surface area contributed by atoms with E-state index in [1.807, 2.05) is 60.7 Å². The van der Waals surface area contributed by atoms with Crippen molar-refractivity contribution in [3.05, 3.63) is 124 Å². The largest absolute Gasteiger partial charge is 0.507 e. The molecule has 0 atom stereocenters. The van der Waals surface area contributed by atoms with Crippen molar-refractivity contribution >= 4 is 39.4 Å². The van der Waals surface area contributed by atoms with Gasteiger partial charge in [-0.25, -0.2) is 5.43 Å². The molecule has 0 aliphatic rings. The van der Waals surface area contributed by atoms with E-state index in [2.05, 4.69) is 10.5 Å². The highest BCUT2D eigenvalue weighted by atomic mass is 16.6. The molecule has 8 nitrogen and oxygen atoms in total. The minimum absolute atomic E-state index is 0.00969. The summed E-state index contributed by atoms with van der Waals surface area (Å²) in [6, 6.07) is 28.2. The van der Waals surface area contributed by atoms with Crippen molar-refractivity contribution in [3.8, 4) is 11.5 Å². The highest BCUT2D eigenvalue weighted by Crippen LogP contribution is 2.28. The molecule has 0 aliphatic heterocycles. The molecule has 0 unspecified atom stereocenters. The molecule has 5 rings (SSSR count). The predicted octanol–water partition coefficient (Wildman–Crippen LogP) is 5.95. The number of nitro groups is 1. The van der Waals surface area contributed by atoms with Crippen LogP contribution < -0.4 is 10.2 Å². The number of nitrogens with one attached hydrogen (secondary N) is 1. The number of hydrogen-bond acceptors (Lipinski definition) is 6. The molecule has 0 spiro atoms. The lowest BCUT2D eigenvalue weighted by Gasteiger charge is -2.12. The third-order valence-corrected chi connectivity index (χ3v) is 5.94. The lowest BCUT2D eigenvalue weighted by atomic mass is 10.0. The summed E-state index contributed by atoms with van der Waals surface area (Å²) >= 11 is 0. The molecule has 8 heteroatoms. The van der Waals surface area contributed by atoms with Crippen LogP contribution in [0.2, 0.25) is 0 Å². The van der Waals surface area contributed by atoms with E-state index in [-0.39, 0.29) is 23.6 Å². The molecular weight excluding hydrogens is 470 g/mol. The number of non-ortho nitro benzene ring substituents is 1. The quantitative estimate of drug-likeness (QED) is 0.166. The molecule has 2 N–H and O–H groups in total. The Labute approximate surface area is 211 Å². The van der Waals surface area contributed by atoms with Crippen LogP contribution in [0.25, 0.3) is 21.5 Å². The van der Waals surface area contributed by atoms with Crippen LogP contribution in [0.4, 0.5) is 5.69 Å². The van der Waals surface area contributed by atoms with E-state index >= 15 is 0 Å². The average Bonchev–Trinajstić information content (AvgIpc) is 2.92. The number of amides is 1. The van der Waals surface area contributed by atoms with E-state index < -0.39 is 10.8 Å². The molecular formula is C29H21N3O5. The van der Waals surface area contributed by atoms with Gasteiger partial charge in [-0.05, 0) is 57.4 Å². The molecule has 0 radical (unpaired) electrons. The van der Waals surface area contributed by atoms with Gasteiger partial charge in [-0.2, -0.15) is 5.10 Å². The van der Waals surface area contributed by atoms with E-state index in [0.29, 0.717) is 11.3 Å². The van der Waals surface area contributed by atoms with Gasteiger partial charge in [0.05, 0.1) is 16.7 Å². The van der Waals surface area contributed by atoms with E-state index in [0.717, 1.165) is 27.1 Å². The summed E-state index contributed by atoms with van der Waals surface area (Å²) in [5.41, 5.74) is 4.03. The second kappa shape index (κ2) is 10.2. The number of hydrazone groups is 1. The molecule has 0 aliphatic carbocycles. The fourth-order valence-electron chi connectivity index (χ4n) is 4.04. The second-order valence-electron chi connectivity index (χ2n) is 8.33. The summed E-state index contributed by atoms with van der Waals surface area (Å²) in [6.07, 6.45) is 1.50. The maximum atomic E-state index is 12.8. The Kier molecular flexibility index (Phi) is 6.46. The Bertz CT molecular complexity index is 1660. The zero-order valence-electron chi connectivity index (χ0n) is 19.5. The molecule has 0 heterocycles. The minimum Gasteiger partial charge on any atom is -0.507 e. The standard InChI is InChI=1S/C29H21N3O5/c33-27-16-22-7-2-1-6-21(22)15-25(27)29(34)31-30-17-26-24-8-4-3-5-20(24)11-14-28(26)37-18-19-9-12-23(13-10-19)32(35)36/h1-17,33H,18H2,(H,31,34). The van der Waals surface area contributed by atoms with Crippen molar-refractivity contribution in [3.63, 3.8) is 0 Å². The lowest BCUT2D eigenvalue weighted by molar-refractivity contribution is -0.384. The smallest absolute Gasteiger partial charge is 0.275 e. The van der Waals surface area contributed by atoms with Crippen LogP contribution in [-0.4, -0.2) is 22.2 Å². The molecule has 5 aromatic carbocycles. The lowest BCUT2D eigenvalue weighted by Crippen LogP contribution is -2.17. The molecule has 0 saturated heterocycles. The van der Waals surface area contributed by atoms with E-state index in [9.17, 15) is 20.0 Å². The number of phenolic OH excluding ortho intramolecular Hbond substituents is 1. The Morgan fingerprint density at radius 2 is 1.59 bits per heavy atom. The van der Waals surface area contributed by atoms with Crippen molar-refractivity contribution in [1.29, 1.82) is 0 Å². The molecule has 0 aromatic heterocycles. The third kappa shape index (κ3) is 5.08. The van der Waals surface area contributed by atoms with E-state index in [1.165, 1.54) is 18.3 Å². The Balaban J connectivity index is 1.39. The van der Waals surface area contributed by atoms with Gasteiger partial charge in [-0.1, -0.05) is 54.6 Å². The van der Waals surface area contributed by atoms with Gasteiger partial charge < -0.3 is 9.84 Å². The summed E-state index contributed by atoms with van der Waals surface area (Å²) in [7, 11) is 0. The number of carbonyl (C=O) groups is 1. The number of fused-ring (bicyclic) bond motifs is 2.